The molecule has 0 nitrogen and oxygen atoms in total. The van der Waals surface area contributed by atoms with Crippen LogP contribution in [0.15, 0.2) is 66.2 Å². The highest BCUT2D eigenvalue weighted by molar-refractivity contribution is 5.72. The summed E-state index contributed by atoms with van der Waals surface area (Å²) in [6.07, 6.45) is 8.76. The average Bonchev–Trinajstić information content (AvgIpc) is 2.40. The molecule has 1 aliphatic carbocycles. The topological polar surface area (TPSA) is 0 Å². The molecule has 0 fully saturated rings. The van der Waals surface area contributed by atoms with E-state index < -0.39 is 0 Å². The van der Waals surface area contributed by atoms with Crippen LogP contribution >= 0.6 is 0 Å². The largest absolute Gasteiger partial charge is 0.0806 e. The van der Waals surface area contributed by atoms with Crippen molar-refractivity contribution in [1.82, 2.24) is 0 Å². The zero-order valence-corrected chi connectivity index (χ0v) is 9.51. The lowest BCUT2D eigenvalue weighted by molar-refractivity contribution is 1.41. The summed E-state index contributed by atoms with van der Waals surface area (Å²) in [5.74, 6) is 0. The first-order chi connectivity index (χ1) is 8.42. The Morgan fingerprint density at radius 1 is 0.765 bits per heavy atom. The van der Waals surface area contributed by atoms with Crippen molar-refractivity contribution in [2.45, 2.75) is 0 Å². The highest BCUT2D eigenvalue weighted by Crippen LogP contribution is 2.25. The molecule has 0 radical (unpaired) electrons. The van der Waals surface area contributed by atoms with Gasteiger partial charge in [-0.3, -0.25) is 0 Å². The van der Waals surface area contributed by atoms with E-state index in [9.17, 15) is 0 Å². The van der Waals surface area contributed by atoms with Crippen molar-refractivity contribution >= 4 is 12.2 Å². The molecular weight excluding hydrogens is 204 g/mol. The summed E-state index contributed by atoms with van der Waals surface area (Å²) < 4.78 is 0. The molecule has 2 aromatic rings. The zero-order valence-electron chi connectivity index (χ0n) is 9.51. The Hall–Kier alpha value is -2.21. The average molecular weight is 217 g/mol. The van der Waals surface area contributed by atoms with Crippen LogP contribution in [0.5, 0.6) is 0 Å². The molecule has 0 aliphatic heterocycles. The molecule has 0 atom stereocenters. The quantitative estimate of drug-likeness (QED) is 0.623. The molecular formula is C17H13+. The molecule has 2 aromatic carbocycles. The summed E-state index contributed by atoms with van der Waals surface area (Å²) in [4.78, 5) is 0. The molecule has 80 valence electrons. The summed E-state index contributed by atoms with van der Waals surface area (Å²) in [7, 11) is 0. The lowest BCUT2D eigenvalue weighted by Crippen LogP contribution is -1.93. The second-order valence-electron chi connectivity index (χ2n) is 4.16. The van der Waals surface area contributed by atoms with Gasteiger partial charge in [0, 0.05) is 36.3 Å². The Balaban J connectivity index is 1.93. The summed E-state index contributed by atoms with van der Waals surface area (Å²) in [6, 6.07) is 18.8. The van der Waals surface area contributed by atoms with Gasteiger partial charge in [-0.2, -0.15) is 0 Å². The van der Waals surface area contributed by atoms with Gasteiger partial charge < -0.3 is 0 Å². The van der Waals surface area contributed by atoms with Gasteiger partial charge in [-0.25, -0.2) is 0 Å². The standard InChI is InChI=1S/C17H13/c1-2-6-14(7-3-1)12-15-10-11-16-8-4-5-9-17(16)13-15/h1-13H/q+1/b15-12-. The monoisotopic (exact) mass is 217 g/mol. The smallest absolute Gasteiger partial charge is 0.0622 e. The number of rotatable bonds is 1. The fourth-order valence-electron chi connectivity index (χ4n) is 2.04. The second kappa shape index (κ2) is 4.34. The van der Waals surface area contributed by atoms with Gasteiger partial charge in [0.2, 0.25) is 0 Å². The van der Waals surface area contributed by atoms with Crippen LogP contribution in [0, 0.1) is 6.42 Å². The lowest BCUT2D eigenvalue weighted by atomic mass is 9.93. The third kappa shape index (κ3) is 2.16. The predicted molar refractivity (Wildman–Crippen MR) is 73.3 cm³/mol. The van der Waals surface area contributed by atoms with E-state index in [0.717, 1.165) is 0 Å². The maximum absolute atomic E-state index is 2.22. The van der Waals surface area contributed by atoms with E-state index in [1.165, 1.54) is 22.3 Å². The van der Waals surface area contributed by atoms with Crippen molar-refractivity contribution in [3.05, 3.63) is 89.4 Å². The van der Waals surface area contributed by atoms with Crippen molar-refractivity contribution in [2.75, 3.05) is 0 Å². The number of hydrogen-bond acceptors (Lipinski definition) is 0. The van der Waals surface area contributed by atoms with Gasteiger partial charge in [-0.15, -0.1) is 0 Å². The molecule has 0 aromatic heterocycles. The first-order valence-corrected chi connectivity index (χ1v) is 5.80. The summed E-state index contributed by atoms with van der Waals surface area (Å²) in [5.41, 5.74) is 5.06. The van der Waals surface area contributed by atoms with Gasteiger partial charge >= 0.3 is 0 Å². The summed E-state index contributed by atoms with van der Waals surface area (Å²) in [6.45, 7) is 0. The van der Waals surface area contributed by atoms with Crippen LogP contribution in [0.2, 0.25) is 0 Å². The lowest BCUT2D eigenvalue weighted by Gasteiger charge is -2.05. The van der Waals surface area contributed by atoms with E-state index in [-0.39, 0.29) is 0 Å². The van der Waals surface area contributed by atoms with E-state index in [1.54, 1.807) is 0 Å². The van der Waals surface area contributed by atoms with Gasteiger partial charge in [-0.05, 0) is 30.3 Å². The molecule has 17 heavy (non-hydrogen) atoms. The molecule has 0 amide bonds. The van der Waals surface area contributed by atoms with Crippen molar-refractivity contribution in [1.29, 1.82) is 0 Å². The molecule has 0 heteroatoms. The molecule has 0 spiro atoms. The van der Waals surface area contributed by atoms with Gasteiger partial charge in [0.25, 0.3) is 0 Å². The molecule has 1 aliphatic rings. The van der Waals surface area contributed by atoms with Crippen LogP contribution < -0.4 is 0 Å². The second-order valence-corrected chi connectivity index (χ2v) is 4.16. The Kier molecular flexibility index (Phi) is 2.55. The van der Waals surface area contributed by atoms with Crippen LogP contribution in [-0.4, -0.2) is 0 Å². The minimum atomic E-state index is 1.24. The Labute approximate surface area is 102 Å². The van der Waals surface area contributed by atoms with E-state index in [2.05, 4.69) is 73.2 Å². The SMILES string of the molecule is C1=Cc2ccccc2[CH+]/C1=C\c1ccccc1. The van der Waals surface area contributed by atoms with Gasteiger partial charge in [-0.1, -0.05) is 18.2 Å². The van der Waals surface area contributed by atoms with E-state index in [4.69, 9.17) is 0 Å². The number of benzene rings is 2. The highest BCUT2D eigenvalue weighted by atomic mass is 14.1. The maximum Gasteiger partial charge on any atom is 0.0806 e. The van der Waals surface area contributed by atoms with Crippen molar-refractivity contribution in [2.24, 2.45) is 0 Å². The summed E-state index contributed by atoms with van der Waals surface area (Å²) >= 11 is 0. The van der Waals surface area contributed by atoms with Crippen LogP contribution in [-0.2, 0) is 0 Å². The van der Waals surface area contributed by atoms with Crippen LogP contribution in [0.1, 0.15) is 16.7 Å². The first-order valence-electron chi connectivity index (χ1n) is 5.80. The highest BCUT2D eigenvalue weighted by Gasteiger charge is 2.13. The van der Waals surface area contributed by atoms with Crippen molar-refractivity contribution in [3.63, 3.8) is 0 Å². The minimum absolute atomic E-state index is 1.24. The molecule has 0 saturated heterocycles. The van der Waals surface area contributed by atoms with E-state index in [0.29, 0.717) is 0 Å². The fraction of sp³-hybridized carbons (Fsp3) is 0. The zero-order chi connectivity index (χ0) is 11.5. The van der Waals surface area contributed by atoms with E-state index in [1.807, 2.05) is 6.07 Å². The molecule has 3 rings (SSSR count). The third-order valence-corrected chi connectivity index (χ3v) is 2.91. The predicted octanol–water partition coefficient (Wildman–Crippen LogP) is 4.35. The summed E-state index contributed by atoms with van der Waals surface area (Å²) in [5, 5.41) is 0. The number of fused-ring (bicyclic) bond motifs is 1. The molecule has 0 saturated carbocycles. The first kappa shape index (κ1) is 9.98. The molecule has 0 unspecified atom stereocenters. The van der Waals surface area contributed by atoms with Gasteiger partial charge in [0.1, 0.15) is 0 Å². The Morgan fingerprint density at radius 2 is 1.53 bits per heavy atom. The van der Waals surface area contributed by atoms with E-state index >= 15 is 0 Å². The molecule has 0 heterocycles. The van der Waals surface area contributed by atoms with Crippen molar-refractivity contribution in [3.8, 4) is 0 Å². The Morgan fingerprint density at radius 3 is 2.41 bits per heavy atom. The maximum atomic E-state index is 2.22. The van der Waals surface area contributed by atoms with Gasteiger partial charge in [0.05, 0.1) is 16.7 Å². The minimum Gasteiger partial charge on any atom is -0.0622 e. The fourth-order valence-corrected chi connectivity index (χ4v) is 2.04. The van der Waals surface area contributed by atoms with Crippen LogP contribution in [0.25, 0.3) is 12.2 Å². The third-order valence-electron chi connectivity index (χ3n) is 2.91. The van der Waals surface area contributed by atoms with Crippen LogP contribution in [0.3, 0.4) is 0 Å². The molecule has 0 N–H and O–H groups in total. The van der Waals surface area contributed by atoms with Crippen molar-refractivity contribution < 1.29 is 0 Å². The number of allylic oxidation sites excluding steroid dienone is 2. The van der Waals surface area contributed by atoms with Gasteiger partial charge in [0.15, 0.2) is 0 Å². The Bertz CT molecular complexity index is 574. The molecule has 0 bridgehead atoms. The normalized spacial score (nSPS) is 15.4. The number of hydrogen-bond donors (Lipinski definition) is 0. The van der Waals surface area contributed by atoms with Crippen LogP contribution in [0.4, 0.5) is 0 Å².